The van der Waals surface area contributed by atoms with Crippen molar-refractivity contribution in [2.24, 2.45) is 0 Å². The Kier molecular flexibility index (Phi) is 2.67. The van der Waals surface area contributed by atoms with Gasteiger partial charge < -0.3 is 10.4 Å². The van der Waals surface area contributed by atoms with Gasteiger partial charge in [0.25, 0.3) is 0 Å². The lowest BCUT2D eigenvalue weighted by atomic mass is 10.2. The van der Waals surface area contributed by atoms with E-state index in [9.17, 15) is 5.11 Å². The van der Waals surface area contributed by atoms with Crippen LogP contribution in [0.5, 0.6) is 0 Å². The summed E-state index contributed by atoms with van der Waals surface area (Å²) in [6.07, 6.45) is 2.53. The van der Waals surface area contributed by atoms with Crippen LogP contribution in [0, 0.1) is 6.92 Å². The number of aryl methyl sites for hydroxylation is 1. The highest BCUT2D eigenvalue weighted by Gasteiger charge is 2.25. The molecular formula is C10H15NOS. The first-order chi connectivity index (χ1) is 6.29. The zero-order chi connectivity index (χ0) is 9.26. The molecule has 13 heavy (non-hydrogen) atoms. The van der Waals surface area contributed by atoms with Crippen LogP contribution in [0.2, 0.25) is 0 Å². The molecule has 2 nitrogen and oxygen atoms in total. The number of nitrogens with one attached hydrogen (secondary N) is 1. The van der Waals surface area contributed by atoms with Gasteiger partial charge in [0.1, 0.15) is 0 Å². The van der Waals surface area contributed by atoms with Crippen molar-refractivity contribution in [1.82, 2.24) is 5.32 Å². The molecule has 0 saturated heterocycles. The van der Waals surface area contributed by atoms with Gasteiger partial charge in [0.05, 0.1) is 12.6 Å². The number of aliphatic hydroxyl groups excluding tert-OH is 1. The minimum Gasteiger partial charge on any atom is -0.394 e. The van der Waals surface area contributed by atoms with Gasteiger partial charge in [-0.2, -0.15) is 0 Å². The summed E-state index contributed by atoms with van der Waals surface area (Å²) >= 11 is 1.77. The average molecular weight is 197 g/mol. The summed E-state index contributed by atoms with van der Waals surface area (Å²) in [5, 5.41) is 12.6. The van der Waals surface area contributed by atoms with Gasteiger partial charge in [-0.25, -0.2) is 0 Å². The van der Waals surface area contributed by atoms with Crippen molar-refractivity contribution in [2.75, 3.05) is 6.61 Å². The molecule has 72 valence electrons. The van der Waals surface area contributed by atoms with Gasteiger partial charge in [0, 0.05) is 15.8 Å². The monoisotopic (exact) mass is 197 g/mol. The second kappa shape index (κ2) is 3.78. The van der Waals surface area contributed by atoms with Crippen molar-refractivity contribution in [3.63, 3.8) is 0 Å². The van der Waals surface area contributed by atoms with E-state index in [0.29, 0.717) is 6.04 Å². The van der Waals surface area contributed by atoms with Crippen molar-refractivity contribution < 1.29 is 5.11 Å². The van der Waals surface area contributed by atoms with Crippen LogP contribution in [-0.2, 0) is 0 Å². The Balaban J connectivity index is 2.01. The summed E-state index contributed by atoms with van der Waals surface area (Å²) < 4.78 is 0. The molecule has 1 aromatic heterocycles. The fourth-order valence-electron chi connectivity index (χ4n) is 1.40. The first-order valence-corrected chi connectivity index (χ1v) is 5.54. The predicted octanol–water partition coefficient (Wildman–Crippen LogP) is 1.84. The van der Waals surface area contributed by atoms with Crippen molar-refractivity contribution in [1.29, 1.82) is 0 Å². The predicted molar refractivity (Wildman–Crippen MR) is 55.0 cm³/mol. The Hall–Kier alpha value is -0.380. The van der Waals surface area contributed by atoms with E-state index >= 15 is 0 Å². The lowest BCUT2D eigenvalue weighted by molar-refractivity contribution is 0.245. The summed E-state index contributed by atoms with van der Waals surface area (Å²) in [6, 6.07) is 5.03. The van der Waals surface area contributed by atoms with Gasteiger partial charge in [0.2, 0.25) is 0 Å². The summed E-state index contributed by atoms with van der Waals surface area (Å²) in [4.78, 5) is 2.57. The smallest absolute Gasteiger partial charge is 0.0652 e. The molecule has 1 fully saturated rings. The minimum atomic E-state index is 0.159. The Morgan fingerprint density at radius 3 is 2.85 bits per heavy atom. The van der Waals surface area contributed by atoms with Gasteiger partial charge in [0.15, 0.2) is 0 Å². The lowest BCUT2D eigenvalue weighted by Crippen LogP contribution is -2.25. The summed E-state index contributed by atoms with van der Waals surface area (Å²) in [6.45, 7) is 2.30. The molecule has 0 aliphatic heterocycles. The topological polar surface area (TPSA) is 32.3 Å². The zero-order valence-electron chi connectivity index (χ0n) is 7.79. The highest BCUT2D eigenvalue weighted by Crippen LogP contribution is 2.27. The fraction of sp³-hybridized carbons (Fsp3) is 0.600. The summed E-state index contributed by atoms with van der Waals surface area (Å²) in [7, 11) is 0. The molecule has 1 saturated carbocycles. The van der Waals surface area contributed by atoms with E-state index in [1.54, 1.807) is 11.3 Å². The van der Waals surface area contributed by atoms with Gasteiger partial charge in [-0.15, -0.1) is 11.3 Å². The van der Waals surface area contributed by atoms with Crippen molar-refractivity contribution >= 4 is 11.3 Å². The third-order valence-electron chi connectivity index (χ3n) is 2.30. The Bertz CT molecular complexity index is 280. The maximum absolute atomic E-state index is 9.21. The first-order valence-electron chi connectivity index (χ1n) is 4.73. The van der Waals surface area contributed by atoms with E-state index in [1.807, 2.05) is 0 Å². The van der Waals surface area contributed by atoms with Crippen molar-refractivity contribution in [3.05, 3.63) is 21.9 Å². The molecule has 1 aliphatic carbocycles. The highest BCUT2D eigenvalue weighted by molar-refractivity contribution is 7.12. The van der Waals surface area contributed by atoms with Crippen molar-refractivity contribution in [3.8, 4) is 0 Å². The molecular weight excluding hydrogens is 182 g/mol. The molecule has 3 heteroatoms. The molecule has 1 atom stereocenters. The largest absolute Gasteiger partial charge is 0.394 e. The van der Waals surface area contributed by atoms with Crippen LogP contribution in [0.15, 0.2) is 12.1 Å². The molecule has 0 bridgehead atoms. The Morgan fingerprint density at radius 2 is 2.38 bits per heavy atom. The maximum atomic E-state index is 9.21. The standard InChI is InChI=1S/C10H15NOS/c1-7-2-5-10(13-7)9(6-12)11-8-3-4-8/h2,5,8-9,11-12H,3-4,6H2,1H3. The van der Waals surface area contributed by atoms with Gasteiger partial charge in [-0.3, -0.25) is 0 Å². The zero-order valence-corrected chi connectivity index (χ0v) is 8.60. The van der Waals surface area contributed by atoms with Crippen LogP contribution >= 0.6 is 11.3 Å². The Labute approximate surface area is 82.6 Å². The second-order valence-electron chi connectivity index (χ2n) is 3.62. The SMILES string of the molecule is Cc1ccc(C(CO)NC2CC2)s1. The van der Waals surface area contributed by atoms with Crippen LogP contribution in [0.4, 0.5) is 0 Å². The molecule has 2 N–H and O–H groups in total. The molecule has 1 unspecified atom stereocenters. The maximum Gasteiger partial charge on any atom is 0.0652 e. The van der Waals surface area contributed by atoms with Crippen LogP contribution in [0.25, 0.3) is 0 Å². The van der Waals surface area contributed by atoms with Crippen LogP contribution in [-0.4, -0.2) is 17.8 Å². The molecule has 0 amide bonds. The minimum absolute atomic E-state index is 0.159. The molecule has 1 heterocycles. The molecule has 2 rings (SSSR count). The molecule has 1 aromatic rings. The number of hydrogen-bond donors (Lipinski definition) is 2. The van der Waals surface area contributed by atoms with E-state index in [0.717, 1.165) is 0 Å². The van der Waals surface area contributed by atoms with E-state index in [1.165, 1.54) is 22.6 Å². The van der Waals surface area contributed by atoms with E-state index in [-0.39, 0.29) is 12.6 Å². The average Bonchev–Trinajstić information content (AvgIpc) is 2.84. The Morgan fingerprint density at radius 1 is 1.62 bits per heavy atom. The lowest BCUT2D eigenvalue weighted by Gasteiger charge is -2.13. The highest BCUT2D eigenvalue weighted by atomic mass is 32.1. The number of hydrogen-bond acceptors (Lipinski definition) is 3. The number of aliphatic hydroxyl groups is 1. The van der Waals surface area contributed by atoms with Gasteiger partial charge in [-0.05, 0) is 31.9 Å². The van der Waals surface area contributed by atoms with Crippen LogP contribution in [0.1, 0.15) is 28.6 Å². The second-order valence-corrected chi connectivity index (χ2v) is 4.94. The van der Waals surface area contributed by atoms with Gasteiger partial charge >= 0.3 is 0 Å². The normalized spacial score (nSPS) is 18.9. The van der Waals surface area contributed by atoms with E-state index in [4.69, 9.17) is 0 Å². The van der Waals surface area contributed by atoms with Crippen LogP contribution < -0.4 is 5.32 Å². The third kappa shape index (κ3) is 2.30. The van der Waals surface area contributed by atoms with E-state index in [2.05, 4.69) is 24.4 Å². The van der Waals surface area contributed by atoms with Gasteiger partial charge in [-0.1, -0.05) is 0 Å². The molecule has 0 spiro atoms. The van der Waals surface area contributed by atoms with Crippen LogP contribution in [0.3, 0.4) is 0 Å². The third-order valence-corrected chi connectivity index (χ3v) is 3.42. The first kappa shape index (κ1) is 9.19. The molecule has 0 radical (unpaired) electrons. The summed E-state index contributed by atoms with van der Waals surface area (Å²) in [5.41, 5.74) is 0. The summed E-state index contributed by atoms with van der Waals surface area (Å²) in [5.74, 6) is 0. The van der Waals surface area contributed by atoms with E-state index < -0.39 is 0 Å². The van der Waals surface area contributed by atoms with Crippen molar-refractivity contribution in [2.45, 2.75) is 31.8 Å². The number of rotatable bonds is 4. The quantitative estimate of drug-likeness (QED) is 0.772. The molecule has 1 aliphatic rings. The fourth-order valence-corrected chi connectivity index (χ4v) is 2.33. The molecule has 0 aromatic carbocycles. The number of thiophene rings is 1.